The largest absolute Gasteiger partial charge is 0.481 e. The zero-order valence-electron chi connectivity index (χ0n) is 8.73. The number of carboxylic acid groups (broad SMARTS) is 1. The second kappa shape index (κ2) is 4.56. The summed E-state index contributed by atoms with van der Waals surface area (Å²) >= 11 is 0. The van der Waals surface area contributed by atoms with E-state index in [-0.39, 0.29) is 0 Å². The highest BCUT2D eigenvalue weighted by Crippen LogP contribution is 2.27. The molecule has 1 unspecified atom stereocenters. The normalized spacial score (nSPS) is 13.4. The molecule has 1 rings (SSSR count). The fraction of sp³-hybridized carbons (Fsp3) is 0.444. The Morgan fingerprint density at radius 3 is 2.59 bits per heavy atom. The molecule has 0 fully saturated rings. The van der Waals surface area contributed by atoms with Crippen molar-refractivity contribution in [1.82, 2.24) is 9.78 Å². The third-order valence-electron chi connectivity index (χ3n) is 2.05. The summed E-state index contributed by atoms with van der Waals surface area (Å²) in [7, 11) is 0. The number of aliphatic carboxylic acids is 1. The fourth-order valence-corrected chi connectivity index (χ4v) is 1.18. The molecule has 0 bridgehead atoms. The molecule has 0 saturated heterocycles. The predicted octanol–water partition coefficient (Wildman–Crippen LogP) is 0.815. The van der Waals surface area contributed by atoms with Crippen LogP contribution in [0.25, 0.3) is 0 Å². The molecule has 1 aromatic rings. The molecule has 0 radical (unpaired) electrons. The third-order valence-corrected chi connectivity index (χ3v) is 2.05. The van der Waals surface area contributed by atoms with E-state index in [0.29, 0.717) is 10.4 Å². The molecule has 0 amide bonds. The Morgan fingerprint density at radius 2 is 2.12 bits per heavy atom. The summed E-state index contributed by atoms with van der Waals surface area (Å²) in [5.41, 5.74) is -0.443. The number of hydrogen-bond donors (Lipinski definition) is 1. The fourth-order valence-electron chi connectivity index (χ4n) is 1.18. The average molecular weight is 250 g/mol. The minimum atomic E-state index is -4.92. The molecular formula is C9H9F3N2O3. The number of hydrogen-bond acceptors (Lipinski definition) is 3. The van der Waals surface area contributed by atoms with E-state index in [0.717, 1.165) is 6.07 Å². The Morgan fingerprint density at radius 1 is 1.53 bits per heavy atom. The van der Waals surface area contributed by atoms with Gasteiger partial charge in [0, 0.05) is 6.07 Å². The Bertz CT molecular complexity index is 481. The Kier molecular flexibility index (Phi) is 3.54. The standard InChI is InChI=1S/C9H9F3N2O3/c1-5-2-3-7(15)14(13-5)4-6(8(16)17)9(10,11)12/h2-3,6H,4H2,1H3,(H,16,17). The van der Waals surface area contributed by atoms with Crippen molar-refractivity contribution in [2.45, 2.75) is 19.6 Å². The van der Waals surface area contributed by atoms with E-state index in [1.54, 1.807) is 0 Å². The molecule has 5 nitrogen and oxygen atoms in total. The van der Waals surface area contributed by atoms with Crippen LogP contribution in [0, 0.1) is 12.8 Å². The van der Waals surface area contributed by atoms with E-state index in [1.165, 1.54) is 13.0 Å². The maximum Gasteiger partial charge on any atom is 0.404 e. The van der Waals surface area contributed by atoms with Gasteiger partial charge in [0.15, 0.2) is 5.92 Å². The van der Waals surface area contributed by atoms with Gasteiger partial charge in [0.25, 0.3) is 5.56 Å². The lowest BCUT2D eigenvalue weighted by atomic mass is 10.1. The Balaban J connectivity index is 3.06. The number of carbonyl (C=O) groups is 1. The van der Waals surface area contributed by atoms with Crippen LogP contribution in [0.15, 0.2) is 16.9 Å². The van der Waals surface area contributed by atoms with Crippen LogP contribution in [0.5, 0.6) is 0 Å². The first kappa shape index (κ1) is 13.2. The van der Waals surface area contributed by atoms with E-state index in [1.807, 2.05) is 0 Å². The highest BCUT2D eigenvalue weighted by atomic mass is 19.4. The van der Waals surface area contributed by atoms with E-state index in [9.17, 15) is 22.8 Å². The molecule has 1 atom stereocenters. The minimum Gasteiger partial charge on any atom is -0.481 e. The number of rotatable bonds is 3. The predicted molar refractivity (Wildman–Crippen MR) is 50.4 cm³/mol. The lowest BCUT2D eigenvalue weighted by Crippen LogP contribution is -2.38. The van der Waals surface area contributed by atoms with Crippen molar-refractivity contribution >= 4 is 5.97 Å². The van der Waals surface area contributed by atoms with Crippen LogP contribution in [-0.2, 0) is 11.3 Å². The lowest BCUT2D eigenvalue weighted by Gasteiger charge is -2.16. The quantitative estimate of drug-likeness (QED) is 0.861. The number of aromatic nitrogens is 2. The van der Waals surface area contributed by atoms with Gasteiger partial charge in [0.05, 0.1) is 12.2 Å². The van der Waals surface area contributed by atoms with Crippen molar-refractivity contribution in [3.8, 4) is 0 Å². The van der Waals surface area contributed by atoms with Crippen LogP contribution in [0.2, 0.25) is 0 Å². The molecule has 0 aromatic carbocycles. The molecule has 17 heavy (non-hydrogen) atoms. The van der Waals surface area contributed by atoms with Gasteiger partial charge in [0.1, 0.15) is 0 Å². The minimum absolute atomic E-state index is 0.330. The van der Waals surface area contributed by atoms with E-state index in [2.05, 4.69) is 5.10 Å². The second-order valence-electron chi connectivity index (χ2n) is 3.43. The van der Waals surface area contributed by atoms with Gasteiger partial charge in [-0.3, -0.25) is 9.59 Å². The molecule has 0 saturated carbocycles. The maximum atomic E-state index is 12.4. The summed E-state index contributed by atoms with van der Waals surface area (Å²) in [6.07, 6.45) is -4.92. The van der Waals surface area contributed by atoms with Crippen LogP contribution < -0.4 is 5.56 Å². The first-order valence-corrected chi connectivity index (χ1v) is 4.56. The van der Waals surface area contributed by atoms with Gasteiger partial charge < -0.3 is 5.11 Å². The smallest absolute Gasteiger partial charge is 0.404 e. The van der Waals surface area contributed by atoms with E-state index < -0.39 is 30.2 Å². The van der Waals surface area contributed by atoms with Crippen molar-refractivity contribution in [3.05, 3.63) is 28.2 Å². The number of alkyl halides is 3. The van der Waals surface area contributed by atoms with Crippen LogP contribution in [-0.4, -0.2) is 27.0 Å². The van der Waals surface area contributed by atoms with Gasteiger partial charge >= 0.3 is 12.1 Å². The molecule has 1 heterocycles. The average Bonchev–Trinajstić information content (AvgIpc) is 2.17. The van der Waals surface area contributed by atoms with Gasteiger partial charge in [0.2, 0.25) is 0 Å². The van der Waals surface area contributed by atoms with Crippen LogP contribution in [0.3, 0.4) is 0 Å². The first-order chi connectivity index (χ1) is 7.71. The van der Waals surface area contributed by atoms with Crippen molar-refractivity contribution in [3.63, 3.8) is 0 Å². The van der Waals surface area contributed by atoms with Gasteiger partial charge in [-0.25, -0.2) is 4.68 Å². The molecule has 1 aromatic heterocycles. The Hall–Kier alpha value is -1.86. The lowest BCUT2D eigenvalue weighted by molar-refractivity contribution is -0.196. The van der Waals surface area contributed by atoms with Gasteiger partial charge in [-0.15, -0.1) is 0 Å². The molecular weight excluding hydrogens is 241 g/mol. The molecule has 0 spiro atoms. The summed E-state index contributed by atoms with van der Waals surface area (Å²) in [5, 5.41) is 12.0. The summed E-state index contributed by atoms with van der Waals surface area (Å²) in [6.45, 7) is 0.457. The Labute approximate surface area is 93.5 Å². The van der Waals surface area contributed by atoms with Crippen molar-refractivity contribution in [2.24, 2.45) is 5.92 Å². The van der Waals surface area contributed by atoms with Crippen molar-refractivity contribution in [2.75, 3.05) is 0 Å². The summed E-state index contributed by atoms with van der Waals surface area (Å²) in [5.74, 6) is -4.68. The van der Waals surface area contributed by atoms with Gasteiger partial charge in [-0.1, -0.05) is 0 Å². The molecule has 0 aliphatic rings. The summed E-state index contributed by atoms with van der Waals surface area (Å²) < 4.78 is 37.6. The van der Waals surface area contributed by atoms with Crippen LogP contribution in [0.1, 0.15) is 5.69 Å². The van der Waals surface area contributed by atoms with Crippen LogP contribution in [0.4, 0.5) is 13.2 Å². The van der Waals surface area contributed by atoms with E-state index >= 15 is 0 Å². The molecule has 0 aliphatic carbocycles. The topological polar surface area (TPSA) is 72.2 Å². The number of carboxylic acids is 1. The third kappa shape index (κ3) is 3.30. The molecule has 1 N–H and O–H groups in total. The first-order valence-electron chi connectivity index (χ1n) is 4.56. The van der Waals surface area contributed by atoms with Crippen LogP contribution >= 0.6 is 0 Å². The van der Waals surface area contributed by atoms with Crippen molar-refractivity contribution < 1.29 is 23.1 Å². The van der Waals surface area contributed by atoms with Gasteiger partial charge in [-0.2, -0.15) is 18.3 Å². The number of halogens is 3. The van der Waals surface area contributed by atoms with Gasteiger partial charge in [-0.05, 0) is 13.0 Å². The monoisotopic (exact) mass is 250 g/mol. The molecule has 8 heteroatoms. The second-order valence-corrected chi connectivity index (χ2v) is 3.43. The van der Waals surface area contributed by atoms with E-state index in [4.69, 9.17) is 5.11 Å². The maximum absolute atomic E-state index is 12.4. The highest BCUT2D eigenvalue weighted by Gasteiger charge is 2.45. The number of aryl methyl sites for hydroxylation is 1. The summed E-state index contributed by atoms with van der Waals surface area (Å²) in [6, 6.07) is 2.37. The molecule has 94 valence electrons. The highest BCUT2D eigenvalue weighted by molar-refractivity contribution is 5.70. The SMILES string of the molecule is Cc1ccc(=O)n(CC(C(=O)O)C(F)(F)F)n1. The number of nitrogens with zero attached hydrogens (tertiary/aromatic N) is 2. The van der Waals surface area contributed by atoms with Crippen molar-refractivity contribution in [1.29, 1.82) is 0 Å². The summed E-state index contributed by atoms with van der Waals surface area (Å²) in [4.78, 5) is 21.7. The molecule has 0 aliphatic heterocycles. The zero-order valence-corrected chi connectivity index (χ0v) is 8.73. The zero-order chi connectivity index (χ0) is 13.2.